The molecule has 4 nitrogen and oxygen atoms in total. The molecule has 0 aromatic heterocycles. The van der Waals surface area contributed by atoms with E-state index in [9.17, 15) is 13.2 Å². The molecule has 122 valence electrons. The molecule has 0 aliphatic heterocycles. The molecule has 0 spiro atoms. The van der Waals surface area contributed by atoms with Crippen LogP contribution in [0.1, 0.15) is 5.56 Å². The van der Waals surface area contributed by atoms with Crippen LogP contribution in [0, 0.1) is 0 Å². The van der Waals surface area contributed by atoms with Crippen LogP contribution in [0.5, 0.6) is 0 Å². The molecule has 0 saturated heterocycles. The minimum absolute atomic E-state index is 0.172. The zero-order valence-electron chi connectivity index (χ0n) is 12.5. The van der Waals surface area contributed by atoms with Crippen LogP contribution < -0.4 is 5.32 Å². The Hall–Kier alpha value is -1.50. The van der Waals surface area contributed by atoms with Crippen molar-refractivity contribution < 1.29 is 13.2 Å². The zero-order valence-corrected chi connectivity index (χ0v) is 14.8. The molecule has 0 heterocycles. The number of halogens is 1. The number of thioether (sulfide) groups is 1. The van der Waals surface area contributed by atoms with Gasteiger partial charge in [0.1, 0.15) is 0 Å². The SMILES string of the molecule is CS(=O)(=O)c1cccc(NC(=O)CSCc2ccc(Cl)cc2)c1. The van der Waals surface area contributed by atoms with E-state index in [0.717, 1.165) is 11.8 Å². The number of hydrogen-bond donors (Lipinski definition) is 1. The minimum Gasteiger partial charge on any atom is -0.325 e. The number of carbonyl (C=O) groups excluding carboxylic acids is 1. The van der Waals surface area contributed by atoms with Gasteiger partial charge in [-0.25, -0.2) is 8.42 Å². The Labute approximate surface area is 145 Å². The summed E-state index contributed by atoms with van der Waals surface area (Å²) >= 11 is 7.29. The van der Waals surface area contributed by atoms with Crippen molar-refractivity contribution in [2.45, 2.75) is 10.6 Å². The van der Waals surface area contributed by atoms with Gasteiger partial charge < -0.3 is 5.32 Å². The van der Waals surface area contributed by atoms with Crippen LogP contribution in [-0.4, -0.2) is 26.3 Å². The van der Waals surface area contributed by atoms with Crippen molar-refractivity contribution in [1.29, 1.82) is 0 Å². The van der Waals surface area contributed by atoms with Crippen LogP contribution in [0.15, 0.2) is 53.4 Å². The molecule has 0 bridgehead atoms. The summed E-state index contributed by atoms with van der Waals surface area (Å²) in [5.74, 6) is 0.814. The number of hydrogen-bond acceptors (Lipinski definition) is 4. The summed E-state index contributed by atoms with van der Waals surface area (Å²) in [5, 5.41) is 3.39. The van der Waals surface area contributed by atoms with Crippen LogP contribution in [-0.2, 0) is 20.4 Å². The number of nitrogens with one attached hydrogen (secondary N) is 1. The Kier molecular flexibility index (Phi) is 6.10. The summed E-state index contributed by atoms with van der Waals surface area (Å²) in [6.07, 6.45) is 1.13. The largest absolute Gasteiger partial charge is 0.325 e. The summed E-state index contributed by atoms with van der Waals surface area (Å²) < 4.78 is 23.0. The number of amides is 1. The Bertz CT molecular complexity index is 789. The van der Waals surface area contributed by atoms with E-state index in [1.807, 2.05) is 24.3 Å². The highest BCUT2D eigenvalue weighted by Crippen LogP contribution is 2.17. The lowest BCUT2D eigenvalue weighted by Gasteiger charge is -2.07. The number of anilines is 1. The van der Waals surface area contributed by atoms with Crippen molar-refractivity contribution in [2.24, 2.45) is 0 Å². The zero-order chi connectivity index (χ0) is 16.9. The van der Waals surface area contributed by atoms with Gasteiger partial charge in [0, 0.05) is 22.7 Å². The third-order valence-electron chi connectivity index (χ3n) is 2.96. The number of carbonyl (C=O) groups is 1. The van der Waals surface area contributed by atoms with Crippen molar-refractivity contribution >= 4 is 44.8 Å². The molecule has 1 N–H and O–H groups in total. The van der Waals surface area contributed by atoms with Crippen LogP contribution in [0.4, 0.5) is 5.69 Å². The predicted octanol–water partition coefficient (Wildman–Crippen LogP) is 3.62. The minimum atomic E-state index is -3.28. The van der Waals surface area contributed by atoms with Gasteiger partial charge in [0.15, 0.2) is 9.84 Å². The molecular weight excluding hydrogens is 354 g/mol. The molecule has 0 aliphatic rings. The molecule has 2 aromatic rings. The van der Waals surface area contributed by atoms with Crippen LogP contribution >= 0.6 is 23.4 Å². The fourth-order valence-electron chi connectivity index (χ4n) is 1.84. The number of rotatable bonds is 6. The number of sulfone groups is 1. The Balaban J connectivity index is 1.86. The molecule has 2 aromatic carbocycles. The average Bonchev–Trinajstić information content (AvgIpc) is 2.49. The van der Waals surface area contributed by atoms with Crippen LogP contribution in [0.25, 0.3) is 0 Å². The Morgan fingerprint density at radius 3 is 2.52 bits per heavy atom. The quantitative estimate of drug-likeness (QED) is 0.844. The molecule has 0 unspecified atom stereocenters. The van der Waals surface area contributed by atoms with Gasteiger partial charge in [-0.1, -0.05) is 29.8 Å². The van der Waals surface area contributed by atoms with E-state index in [4.69, 9.17) is 11.6 Å². The first-order chi connectivity index (χ1) is 10.8. The van der Waals surface area contributed by atoms with Gasteiger partial charge in [0.2, 0.25) is 5.91 Å². The van der Waals surface area contributed by atoms with Crippen molar-refractivity contribution in [3.63, 3.8) is 0 Å². The van der Waals surface area contributed by atoms with Crippen molar-refractivity contribution in [2.75, 3.05) is 17.3 Å². The van der Waals surface area contributed by atoms with E-state index >= 15 is 0 Å². The molecule has 0 radical (unpaired) electrons. The van der Waals surface area contributed by atoms with Crippen LogP contribution in [0.2, 0.25) is 5.02 Å². The van der Waals surface area contributed by atoms with Crippen LogP contribution in [0.3, 0.4) is 0 Å². The lowest BCUT2D eigenvalue weighted by molar-refractivity contribution is -0.113. The molecule has 0 saturated carbocycles. The van der Waals surface area contributed by atoms with Gasteiger partial charge in [0.05, 0.1) is 10.6 Å². The van der Waals surface area contributed by atoms with E-state index < -0.39 is 9.84 Å². The topological polar surface area (TPSA) is 63.2 Å². The van der Waals surface area contributed by atoms with Gasteiger partial charge in [-0.15, -0.1) is 11.8 Å². The van der Waals surface area contributed by atoms with Gasteiger partial charge in [-0.2, -0.15) is 0 Å². The third kappa shape index (κ3) is 5.89. The molecule has 23 heavy (non-hydrogen) atoms. The van der Waals surface area contributed by atoms with Crippen molar-refractivity contribution in [1.82, 2.24) is 0 Å². The fourth-order valence-corrected chi connectivity index (χ4v) is 3.42. The molecule has 0 fully saturated rings. The first-order valence-corrected chi connectivity index (χ1v) is 10.2. The monoisotopic (exact) mass is 369 g/mol. The standard InChI is InChI=1S/C16H16ClNO3S2/c1-23(20,21)15-4-2-3-14(9-15)18-16(19)11-22-10-12-5-7-13(17)8-6-12/h2-9H,10-11H2,1H3,(H,18,19). The molecule has 0 atom stereocenters. The second-order valence-electron chi connectivity index (χ2n) is 4.97. The maximum atomic E-state index is 11.9. The Morgan fingerprint density at radius 2 is 1.87 bits per heavy atom. The third-order valence-corrected chi connectivity index (χ3v) is 5.33. The van der Waals surface area contributed by atoms with Gasteiger partial charge >= 0.3 is 0 Å². The highest BCUT2D eigenvalue weighted by molar-refractivity contribution is 7.99. The lowest BCUT2D eigenvalue weighted by Crippen LogP contribution is -2.14. The summed E-state index contributed by atoms with van der Waals surface area (Å²) in [7, 11) is -3.28. The van der Waals surface area contributed by atoms with E-state index in [1.165, 1.54) is 23.9 Å². The Morgan fingerprint density at radius 1 is 1.17 bits per heavy atom. The van der Waals surface area contributed by atoms with E-state index in [1.54, 1.807) is 12.1 Å². The lowest BCUT2D eigenvalue weighted by atomic mass is 10.2. The molecular formula is C16H16ClNO3S2. The average molecular weight is 370 g/mol. The normalized spacial score (nSPS) is 11.2. The van der Waals surface area contributed by atoms with Gasteiger partial charge in [-0.05, 0) is 35.9 Å². The summed E-state index contributed by atoms with van der Waals surface area (Å²) in [4.78, 5) is 12.1. The summed E-state index contributed by atoms with van der Waals surface area (Å²) in [5.41, 5.74) is 1.57. The highest BCUT2D eigenvalue weighted by atomic mass is 35.5. The van der Waals surface area contributed by atoms with E-state index in [2.05, 4.69) is 5.32 Å². The molecule has 7 heteroatoms. The first-order valence-electron chi connectivity index (χ1n) is 6.77. The maximum absolute atomic E-state index is 11.9. The van der Waals surface area contributed by atoms with Crippen molar-refractivity contribution in [3.8, 4) is 0 Å². The summed E-state index contributed by atoms with van der Waals surface area (Å²) in [6.45, 7) is 0. The smallest absolute Gasteiger partial charge is 0.234 e. The van der Waals surface area contributed by atoms with E-state index in [0.29, 0.717) is 16.5 Å². The molecule has 1 amide bonds. The first kappa shape index (κ1) is 17.8. The van der Waals surface area contributed by atoms with Crippen molar-refractivity contribution in [3.05, 3.63) is 59.1 Å². The molecule has 2 rings (SSSR count). The van der Waals surface area contributed by atoms with E-state index in [-0.39, 0.29) is 16.6 Å². The van der Waals surface area contributed by atoms with Gasteiger partial charge in [0.25, 0.3) is 0 Å². The van der Waals surface area contributed by atoms with Gasteiger partial charge in [-0.3, -0.25) is 4.79 Å². The maximum Gasteiger partial charge on any atom is 0.234 e. The number of benzene rings is 2. The summed E-state index contributed by atoms with van der Waals surface area (Å²) in [6, 6.07) is 13.7. The molecule has 0 aliphatic carbocycles. The fraction of sp³-hybridized carbons (Fsp3) is 0.188. The second-order valence-corrected chi connectivity index (χ2v) is 8.41. The second kappa shape index (κ2) is 7.86. The highest BCUT2D eigenvalue weighted by Gasteiger charge is 2.09. The predicted molar refractivity (Wildman–Crippen MR) is 95.8 cm³/mol.